The fraction of sp³-hybridized carbons (Fsp3) is 0.667. The average molecular weight is 343 g/mol. The maximum absolute atomic E-state index is 13.2. The van der Waals surface area contributed by atoms with Crippen molar-refractivity contribution in [3.05, 3.63) is 23.3 Å². The van der Waals surface area contributed by atoms with Gasteiger partial charge in [-0.2, -0.15) is 13.2 Å². The van der Waals surface area contributed by atoms with Gasteiger partial charge in [-0.15, -0.1) is 0 Å². The first-order valence-electron chi connectivity index (χ1n) is 8.55. The predicted octanol–water partition coefficient (Wildman–Crippen LogP) is 4.23. The van der Waals surface area contributed by atoms with E-state index in [0.717, 1.165) is 29.7 Å². The molecule has 0 bridgehead atoms. The molecular weight excluding hydrogens is 319 g/mol. The second kappa shape index (κ2) is 6.82. The van der Waals surface area contributed by atoms with Gasteiger partial charge >= 0.3 is 6.18 Å². The Kier molecular flexibility index (Phi) is 4.95. The lowest BCUT2D eigenvalue weighted by Crippen LogP contribution is -2.45. The highest BCUT2D eigenvalue weighted by Crippen LogP contribution is 2.39. The van der Waals surface area contributed by atoms with Gasteiger partial charge in [0.2, 0.25) is 0 Å². The normalized spacial score (nSPS) is 26.8. The smallest absolute Gasteiger partial charge is 0.393 e. The number of alkyl halides is 3. The number of hydrogen-bond acceptors (Lipinski definition) is 3. The van der Waals surface area contributed by atoms with Crippen molar-refractivity contribution in [1.82, 2.24) is 5.32 Å². The van der Waals surface area contributed by atoms with Crippen LogP contribution in [0.4, 0.5) is 13.2 Å². The van der Waals surface area contributed by atoms with Crippen LogP contribution in [0.2, 0.25) is 0 Å². The molecule has 1 aromatic carbocycles. The van der Waals surface area contributed by atoms with Crippen LogP contribution in [-0.2, 0) is 13.0 Å². The summed E-state index contributed by atoms with van der Waals surface area (Å²) in [6.45, 7) is 2.35. The third-order valence-electron chi connectivity index (χ3n) is 5.04. The molecule has 24 heavy (non-hydrogen) atoms. The molecule has 3 rings (SSSR count). The van der Waals surface area contributed by atoms with Crippen LogP contribution in [-0.4, -0.2) is 25.4 Å². The third-order valence-corrected chi connectivity index (χ3v) is 5.04. The molecule has 134 valence electrons. The number of benzene rings is 1. The number of halogens is 3. The lowest BCUT2D eigenvalue weighted by molar-refractivity contribution is -0.189. The van der Waals surface area contributed by atoms with E-state index >= 15 is 0 Å². The molecule has 3 nitrogen and oxygen atoms in total. The Hall–Kier alpha value is -1.43. The molecule has 0 spiro atoms. The Balaban J connectivity index is 1.73. The van der Waals surface area contributed by atoms with E-state index in [0.29, 0.717) is 25.1 Å². The molecule has 1 aliphatic heterocycles. The summed E-state index contributed by atoms with van der Waals surface area (Å²) < 4.78 is 50.8. The topological polar surface area (TPSA) is 30.5 Å². The molecule has 1 N–H and O–H groups in total. The molecule has 1 saturated carbocycles. The molecule has 2 aliphatic rings. The molecule has 0 amide bonds. The summed E-state index contributed by atoms with van der Waals surface area (Å²) in [5.74, 6) is 0.261. The zero-order valence-electron chi connectivity index (χ0n) is 14.1. The molecule has 1 heterocycles. The maximum atomic E-state index is 13.2. The summed E-state index contributed by atoms with van der Waals surface area (Å²) in [6.07, 6.45) is -0.922. The van der Waals surface area contributed by atoms with E-state index in [4.69, 9.17) is 9.47 Å². The minimum Gasteiger partial charge on any atom is -0.496 e. The van der Waals surface area contributed by atoms with Gasteiger partial charge in [0.1, 0.15) is 17.6 Å². The van der Waals surface area contributed by atoms with Crippen molar-refractivity contribution in [2.75, 3.05) is 7.11 Å². The lowest BCUT2D eigenvalue weighted by atomic mass is 9.84. The van der Waals surface area contributed by atoms with E-state index in [9.17, 15) is 13.2 Å². The summed E-state index contributed by atoms with van der Waals surface area (Å²) in [6, 6.07) is 3.31. The highest BCUT2D eigenvalue weighted by Gasteiger charge is 2.45. The second-order valence-corrected chi connectivity index (χ2v) is 6.82. The monoisotopic (exact) mass is 343 g/mol. The number of fused-ring (bicyclic) bond motifs is 1. The molecule has 1 aliphatic carbocycles. The number of rotatable bonds is 4. The van der Waals surface area contributed by atoms with Gasteiger partial charge in [-0.1, -0.05) is 12.8 Å². The van der Waals surface area contributed by atoms with Gasteiger partial charge in [0, 0.05) is 30.1 Å². The standard InChI is InChI=1S/C18H24F3NO2/c1-11-7-12-8-16(23-2)13(9-17(12)24-11)10-22-15-6-4-3-5-14(15)18(19,20)21/h8-9,11,14-15,22H,3-7,10H2,1-2H3/t11-,14-,15+/m0/s1. The highest BCUT2D eigenvalue weighted by molar-refractivity contribution is 5.48. The van der Waals surface area contributed by atoms with Crippen molar-refractivity contribution in [1.29, 1.82) is 0 Å². The van der Waals surface area contributed by atoms with Crippen LogP contribution in [0, 0.1) is 5.92 Å². The van der Waals surface area contributed by atoms with E-state index in [1.807, 2.05) is 19.1 Å². The van der Waals surface area contributed by atoms with Gasteiger partial charge in [0.15, 0.2) is 0 Å². The fourth-order valence-corrected chi connectivity index (χ4v) is 3.82. The summed E-state index contributed by atoms with van der Waals surface area (Å²) in [7, 11) is 1.59. The van der Waals surface area contributed by atoms with E-state index in [1.165, 1.54) is 0 Å². The summed E-state index contributed by atoms with van der Waals surface area (Å²) in [5, 5.41) is 3.12. The fourth-order valence-electron chi connectivity index (χ4n) is 3.82. The molecule has 0 aromatic heterocycles. The van der Waals surface area contributed by atoms with E-state index in [-0.39, 0.29) is 12.5 Å². The first-order chi connectivity index (χ1) is 11.4. The van der Waals surface area contributed by atoms with Crippen LogP contribution in [0.1, 0.15) is 43.7 Å². The molecule has 1 aromatic rings. The number of nitrogens with one attached hydrogen (secondary N) is 1. The SMILES string of the molecule is COc1cc2c(cc1CN[C@@H]1CCCC[C@@H]1C(F)(F)F)O[C@@H](C)C2. The zero-order chi connectivity index (χ0) is 17.3. The Bertz CT molecular complexity index is 588. The van der Waals surface area contributed by atoms with E-state index in [1.54, 1.807) is 7.11 Å². The third kappa shape index (κ3) is 3.63. The van der Waals surface area contributed by atoms with Crippen molar-refractivity contribution in [2.24, 2.45) is 5.92 Å². The van der Waals surface area contributed by atoms with Crippen LogP contribution in [0.25, 0.3) is 0 Å². The van der Waals surface area contributed by atoms with Crippen molar-refractivity contribution >= 4 is 0 Å². The number of methoxy groups -OCH3 is 1. The molecule has 3 atom stereocenters. The Morgan fingerprint density at radius 1 is 1.25 bits per heavy atom. The van der Waals surface area contributed by atoms with Gasteiger partial charge in [-0.25, -0.2) is 0 Å². The highest BCUT2D eigenvalue weighted by atomic mass is 19.4. The molecule has 0 unspecified atom stereocenters. The van der Waals surface area contributed by atoms with Crippen molar-refractivity contribution in [2.45, 2.75) is 63.9 Å². The van der Waals surface area contributed by atoms with Crippen LogP contribution in [0.5, 0.6) is 11.5 Å². The zero-order valence-corrected chi connectivity index (χ0v) is 14.1. The second-order valence-electron chi connectivity index (χ2n) is 6.82. The minimum absolute atomic E-state index is 0.126. The number of hydrogen-bond donors (Lipinski definition) is 1. The predicted molar refractivity (Wildman–Crippen MR) is 85.4 cm³/mol. The summed E-state index contributed by atoms with van der Waals surface area (Å²) in [4.78, 5) is 0. The summed E-state index contributed by atoms with van der Waals surface area (Å²) >= 11 is 0. The largest absolute Gasteiger partial charge is 0.496 e. The van der Waals surface area contributed by atoms with Gasteiger partial charge in [0.05, 0.1) is 13.0 Å². The van der Waals surface area contributed by atoms with Crippen LogP contribution < -0.4 is 14.8 Å². The van der Waals surface area contributed by atoms with Crippen LogP contribution in [0.3, 0.4) is 0 Å². The first-order valence-corrected chi connectivity index (χ1v) is 8.55. The first kappa shape index (κ1) is 17.4. The van der Waals surface area contributed by atoms with Crippen molar-refractivity contribution in [3.8, 4) is 11.5 Å². The number of ether oxygens (including phenoxy) is 2. The lowest BCUT2D eigenvalue weighted by Gasteiger charge is -2.33. The molecule has 0 saturated heterocycles. The molecule has 6 heteroatoms. The van der Waals surface area contributed by atoms with Crippen LogP contribution in [0.15, 0.2) is 12.1 Å². The molecular formula is C18H24F3NO2. The quantitative estimate of drug-likeness (QED) is 0.887. The maximum Gasteiger partial charge on any atom is 0.393 e. The van der Waals surface area contributed by atoms with Gasteiger partial charge in [-0.3, -0.25) is 0 Å². The van der Waals surface area contributed by atoms with Gasteiger partial charge in [0.25, 0.3) is 0 Å². The Morgan fingerprint density at radius 3 is 2.71 bits per heavy atom. The molecule has 0 radical (unpaired) electrons. The van der Waals surface area contributed by atoms with Gasteiger partial charge < -0.3 is 14.8 Å². The Labute approximate surface area is 140 Å². The van der Waals surface area contributed by atoms with Gasteiger partial charge in [-0.05, 0) is 31.9 Å². The average Bonchev–Trinajstić information content (AvgIpc) is 2.90. The van der Waals surface area contributed by atoms with E-state index in [2.05, 4.69) is 5.32 Å². The summed E-state index contributed by atoms with van der Waals surface area (Å²) in [5.41, 5.74) is 1.94. The van der Waals surface area contributed by atoms with Crippen molar-refractivity contribution in [3.63, 3.8) is 0 Å². The minimum atomic E-state index is -4.14. The van der Waals surface area contributed by atoms with Crippen molar-refractivity contribution < 1.29 is 22.6 Å². The Morgan fingerprint density at radius 2 is 2.00 bits per heavy atom. The van der Waals surface area contributed by atoms with E-state index < -0.39 is 18.1 Å². The molecule has 1 fully saturated rings. The van der Waals surface area contributed by atoms with Crippen LogP contribution >= 0.6 is 0 Å².